The van der Waals surface area contributed by atoms with Crippen LogP contribution in [0.4, 0.5) is 5.69 Å². The second-order valence-electron chi connectivity index (χ2n) is 5.68. The monoisotopic (exact) mass is 325 g/mol. The molecule has 1 fully saturated rings. The number of aromatic hydroxyl groups is 1. The predicted octanol–water partition coefficient (Wildman–Crippen LogP) is 2.95. The van der Waals surface area contributed by atoms with Crippen LogP contribution in [0.25, 0.3) is 0 Å². The van der Waals surface area contributed by atoms with Gasteiger partial charge in [0.2, 0.25) is 0 Å². The highest BCUT2D eigenvalue weighted by atomic mass is 16.5. The molecule has 5 heteroatoms. The summed E-state index contributed by atoms with van der Waals surface area (Å²) < 4.78 is 5.40. The van der Waals surface area contributed by atoms with E-state index in [0.717, 1.165) is 31.7 Å². The van der Waals surface area contributed by atoms with Gasteiger partial charge in [-0.05, 0) is 42.8 Å². The maximum Gasteiger partial charge on any atom is 0.161 e. The number of phenols is 1. The van der Waals surface area contributed by atoms with Crippen LogP contribution in [0.2, 0.25) is 0 Å². The molecule has 2 aromatic carbocycles. The Labute approximate surface area is 142 Å². The maximum absolute atomic E-state index is 9.73. The summed E-state index contributed by atoms with van der Waals surface area (Å²) in [4.78, 5) is 2.37. The Hall–Kier alpha value is -2.69. The number of hydrogen-bond acceptors (Lipinski definition) is 5. The summed E-state index contributed by atoms with van der Waals surface area (Å²) in [7, 11) is 0. The Bertz CT molecular complexity index is 680. The van der Waals surface area contributed by atoms with Crippen LogP contribution in [0.3, 0.4) is 0 Å². The molecule has 24 heavy (non-hydrogen) atoms. The van der Waals surface area contributed by atoms with Crippen molar-refractivity contribution in [3.8, 4) is 11.5 Å². The number of nitrogens with zero attached hydrogens (tertiary/aromatic N) is 3. The fraction of sp³-hybridized carbons (Fsp3) is 0.316. The number of rotatable bonds is 5. The van der Waals surface area contributed by atoms with Gasteiger partial charge >= 0.3 is 0 Å². The Morgan fingerprint density at radius 1 is 1.08 bits per heavy atom. The largest absolute Gasteiger partial charge is 0.504 e. The molecule has 0 aromatic heterocycles. The summed E-state index contributed by atoms with van der Waals surface area (Å²) in [6, 6.07) is 15.7. The summed E-state index contributed by atoms with van der Waals surface area (Å²) in [6.45, 7) is 6.12. The number of ether oxygens (including phenoxy) is 1. The van der Waals surface area contributed by atoms with Gasteiger partial charge in [0.15, 0.2) is 11.5 Å². The SMILES string of the molecule is CCOc1cc(/C=N/N2CCN(c3ccccc3)CC2)ccc1O. The molecule has 0 atom stereocenters. The smallest absolute Gasteiger partial charge is 0.161 e. The fourth-order valence-corrected chi connectivity index (χ4v) is 2.74. The predicted molar refractivity (Wildman–Crippen MR) is 97.1 cm³/mol. The molecule has 1 saturated heterocycles. The van der Waals surface area contributed by atoms with Crippen molar-refractivity contribution in [1.29, 1.82) is 0 Å². The molecule has 2 aromatic rings. The first-order chi connectivity index (χ1) is 11.8. The molecule has 0 amide bonds. The molecule has 0 saturated carbocycles. The highest BCUT2D eigenvalue weighted by Gasteiger charge is 2.15. The van der Waals surface area contributed by atoms with Gasteiger partial charge in [-0.25, -0.2) is 0 Å². The number of para-hydroxylation sites is 1. The van der Waals surface area contributed by atoms with E-state index in [1.165, 1.54) is 5.69 Å². The molecular weight excluding hydrogens is 302 g/mol. The van der Waals surface area contributed by atoms with Crippen LogP contribution in [0.15, 0.2) is 53.6 Å². The number of anilines is 1. The lowest BCUT2D eigenvalue weighted by atomic mass is 10.2. The zero-order valence-electron chi connectivity index (χ0n) is 13.9. The lowest BCUT2D eigenvalue weighted by molar-refractivity contribution is 0.272. The van der Waals surface area contributed by atoms with Gasteiger partial charge in [0, 0.05) is 18.8 Å². The third-order valence-corrected chi connectivity index (χ3v) is 4.03. The number of hydrazone groups is 1. The second-order valence-corrected chi connectivity index (χ2v) is 5.68. The van der Waals surface area contributed by atoms with E-state index < -0.39 is 0 Å². The average Bonchev–Trinajstić information content (AvgIpc) is 2.64. The molecule has 1 aliphatic rings. The van der Waals surface area contributed by atoms with E-state index in [1.54, 1.807) is 6.07 Å². The molecule has 1 N–H and O–H groups in total. The summed E-state index contributed by atoms with van der Waals surface area (Å²) in [5.41, 5.74) is 2.18. The number of piperazine rings is 1. The Balaban J connectivity index is 1.58. The van der Waals surface area contributed by atoms with Crippen LogP contribution in [-0.2, 0) is 0 Å². The van der Waals surface area contributed by atoms with Gasteiger partial charge in [0.05, 0.1) is 25.9 Å². The van der Waals surface area contributed by atoms with Gasteiger partial charge in [-0.2, -0.15) is 5.10 Å². The van der Waals surface area contributed by atoms with Crippen molar-refractivity contribution in [2.75, 3.05) is 37.7 Å². The van der Waals surface area contributed by atoms with Gasteiger partial charge in [-0.1, -0.05) is 18.2 Å². The van der Waals surface area contributed by atoms with Crippen LogP contribution in [0, 0.1) is 0 Å². The van der Waals surface area contributed by atoms with Crippen LogP contribution < -0.4 is 9.64 Å². The standard InChI is InChI=1S/C19H23N3O2/c1-2-24-19-14-16(8-9-18(19)23)15-20-22-12-10-21(11-13-22)17-6-4-3-5-7-17/h3-9,14-15,23H,2,10-13H2,1H3/b20-15+. The topological polar surface area (TPSA) is 48.3 Å². The van der Waals surface area contributed by atoms with Gasteiger partial charge in [0.1, 0.15) is 0 Å². The summed E-state index contributed by atoms with van der Waals surface area (Å²) in [6.07, 6.45) is 1.82. The van der Waals surface area contributed by atoms with E-state index in [4.69, 9.17) is 4.74 Å². The Morgan fingerprint density at radius 2 is 1.83 bits per heavy atom. The second kappa shape index (κ2) is 7.73. The molecule has 0 bridgehead atoms. The van der Waals surface area contributed by atoms with Crippen molar-refractivity contribution < 1.29 is 9.84 Å². The zero-order valence-corrected chi connectivity index (χ0v) is 13.9. The first kappa shape index (κ1) is 16.2. The number of phenolic OH excluding ortho intramolecular Hbond substituents is 1. The van der Waals surface area contributed by atoms with Gasteiger partial charge in [-0.15, -0.1) is 0 Å². The van der Waals surface area contributed by atoms with Crippen LogP contribution in [0.5, 0.6) is 11.5 Å². The van der Waals surface area contributed by atoms with E-state index in [2.05, 4.69) is 39.3 Å². The summed E-state index contributed by atoms with van der Waals surface area (Å²) in [5, 5.41) is 16.4. The number of benzene rings is 2. The van der Waals surface area contributed by atoms with E-state index in [1.807, 2.05) is 31.3 Å². The first-order valence-electron chi connectivity index (χ1n) is 8.31. The third-order valence-electron chi connectivity index (χ3n) is 4.03. The molecule has 0 aliphatic carbocycles. The van der Waals surface area contributed by atoms with Crippen molar-refractivity contribution in [3.05, 3.63) is 54.1 Å². The first-order valence-corrected chi connectivity index (χ1v) is 8.31. The average molecular weight is 325 g/mol. The van der Waals surface area contributed by atoms with Crippen LogP contribution in [-0.4, -0.2) is 49.1 Å². The molecule has 0 radical (unpaired) electrons. The van der Waals surface area contributed by atoms with Crippen LogP contribution >= 0.6 is 0 Å². The third kappa shape index (κ3) is 3.98. The van der Waals surface area contributed by atoms with Gasteiger partial charge in [0.25, 0.3) is 0 Å². The van der Waals surface area contributed by atoms with Crippen LogP contribution in [0.1, 0.15) is 12.5 Å². The fourth-order valence-electron chi connectivity index (χ4n) is 2.74. The lowest BCUT2D eigenvalue weighted by Crippen LogP contribution is -2.44. The molecule has 1 aliphatic heterocycles. The summed E-state index contributed by atoms with van der Waals surface area (Å²) in [5.74, 6) is 0.654. The minimum Gasteiger partial charge on any atom is -0.504 e. The van der Waals surface area contributed by atoms with Crippen molar-refractivity contribution in [3.63, 3.8) is 0 Å². The molecule has 3 rings (SSSR count). The minimum atomic E-state index is 0.158. The number of hydrogen-bond donors (Lipinski definition) is 1. The van der Waals surface area contributed by atoms with E-state index in [-0.39, 0.29) is 5.75 Å². The van der Waals surface area contributed by atoms with E-state index in [9.17, 15) is 5.11 Å². The Kier molecular flexibility index (Phi) is 5.21. The normalized spacial score (nSPS) is 15.0. The highest BCUT2D eigenvalue weighted by molar-refractivity contribution is 5.80. The van der Waals surface area contributed by atoms with E-state index >= 15 is 0 Å². The van der Waals surface area contributed by atoms with E-state index in [0.29, 0.717) is 12.4 Å². The minimum absolute atomic E-state index is 0.158. The van der Waals surface area contributed by atoms with Crippen molar-refractivity contribution in [2.45, 2.75) is 6.92 Å². The molecule has 0 unspecified atom stereocenters. The van der Waals surface area contributed by atoms with Crippen molar-refractivity contribution >= 4 is 11.9 Å². The highest BCUT2D eigenvalue weighted by Crippen LogP contribution is 2.26. The molecule has 5 nitrogen and oxygen atoms in total. The molecule has 126 valence electrons. The molecular formula is C19H23N3O2. The zero-order chi connectivity index (χ0) is 16.8. The Morgan fingerprint density at radius 3 is 2.54 bits per heavy atom. The van der Waals surface area contributed by atoms with Gasteiger partial charge in [-0.3, -0.25) is 5.01 Å². The molecule has 1 heterocycles. The van der Waals surface area contributed by atoms with Gasteiger partial charge < -0.3 is 14.7 Å². The maximum atomic E-state index is 9.73. The summed E-state index contributed by atoms with van der Waals surface area (Å²) >= 11 is 0. The van der Waals surface area contributed by atoms with Crippen molar-refractivity contribution in [1.82, 2.24) is 5.01 Å². The molecule has 0 spiro atoms. The quantitative estimate of drug-likeness (QED) is 0.859. The van der Waals surface area contributed by atoms with Crippen molar-refractivity contribution in [2.24, 2.45) is 5.10 Å². The lowest BCUT2D eigenvalue weighted by Gasteiger charge is -2.34.